The van der Waals surface area contributed by atoms with Crippen molar-refractivity contribution in [3.63, 3.8) is 0 Å². The Kier molecular flexibility index (Phi) is 2.78. The number of likely N-dealkylation sites (tertiary alicyclic amines) is 1. The van der Waals surface area contributed by atoms with Crippen molar-refractivity contribution in [1.82, 2.24) is 4.90 Å². The molecule has 1 saturated heterocycles. The third kappa shape index (κ3) is 1.99. The summed E-state index contributed by atoms with van der Waals surface area (Å²) in [4.78, 5) is 13.2. The van der Waals surface area contributed by atoms with Crippen LogP contribution in [0, 0.1) is 5.82 Å². The molecule has 1 aromatic carbocycles. The van der Waals surface area contributed by atoms with Crippen LogP contribution in [-0.2, 0) is 0 Å². The standard InChI is InChI=1S/C11H12FNO3/c12-10-5-7(14)1-2-9(10)11(16)13-4-3-8(15)6-13/h1-2,5,8,14-15H,3-4,6H2/t8-/m0/s1. The van der Waals surface area contributed by atoms with Gasteiger partial charge in [0.1, 0.15) is 11.6 Å². The zero-order valence-corrected chi connectivity index (χ0v) is 8.56. The molecule has 0 spiro atoms. The zero-order chi connectivity index (χ0) is 11.7. The third-order valence-corrected chi connectivity index (χ3v) is 2.63. The van der Waals surface area contributed by atoms with Gasteiger partial charge in [-0.2, -0.15) is 0 Å². The van der Waals surface area contributed by atoms with Crippen LogP contribution in [0.15, 0.2) is 18.2 Å². The van der Waals surface area contributed by atoms with Crippen molar-refractivity contribution in [1.29, 1.82) is 0 Å². The van der Waals surface area contributed by atoms with Crippen LogP contribution < -0.4 is 0 Å². The summed E-state index contributed by atoms with van der Waals surface area (Å²) < 4.78 is 13.4. The number of carbonyl (C=O) groups excluding carboxylic acids is 1. The smallest absolute Gasteiger partial charge is 0.256 e. The van der Waals surface area contributed by atoms with E-state index in [1.165, 1.54) is 17.0 Å². The number of phenolic OH excluding ortho intramolecular Hbond substituents is 1. The first kappa shape index (κ1) is 10.9. The number of amides is 1. The SMILES string of the molecule is O=C(c1ccc(O)cc1F)N1CC[C@H](O)C1. The number of carbonyl (C=O) groups is 1. The van der Waals surface area contributed by atoms with E-state index in [1.807, 2.05) is 0 Å². The van der Waals surface area contributed by atoms with Crippen molar-refractivity contribution in [2.75, 3.05) is 13.1 Å². The molecule has 5 heteroatoms. The van der Waals surface area contributed by atoms with E-state index >= 15 is 0 Å². The molecule has 1 amide bonds. The number of benzene rings is 1. The highest BCUT2D eigenvalue weighted by atomic mass is 19.1. The number of halogens is 1. The number of rotatable bonds is 1. The summed E-state index contributed by atoms with van der Waals surface area (Å²) in [7, 11) is 0. The lowest BCUT2D eigenvalue weighted by molar-refractivity contribution is 0.0760. The molecule has 0 bridgehead atoms. The number of nitrogens with zero attached hydrogens (tertiary/aromatic N) is 1. The minimum absolute atomic E-state index is 0.0769. The summed E-state index contributed by atoms with van der Waals surface area (Å²) in [6.07, 6.45) is -0.00467. The summed E-state index contributed by atoms with van der Waals surface area (Å²) in [5, 5.41) is 18.3. The molecule has 1 aliphatic rings. The lowest BCUT2D eigenvalue weighted by Crippen LogP contribution is -2.30. The Morgan fingerprint density at radius 2 is 2.25 bits per heavy atom. The second kappa shape index (κ2) is 4.09. The van der Waals surface area contributed by atoms with Gasteiger partial charge in [-0.1, -0.05) is 0 Å². The second-order valence-corrected chi connectivity index (χ2v) is 3.86. The quantitative estimate of drug-likeness (QED) is 0.741. The van der Waals surface area contributed by atoms with Crippen LogP contribution in [0.5, 0.6) is 5.75 Å². The molecular weight excluding hydrogens is 213 g/mol. The fourth-order valence-electron chi connectivity index (χ4n) is 1.77. The van der Waals surface area contributed by atoms with Crippen LogP contribution in [0.3, 0.4) is 0 Å². The van der Waals surface area contributed by atoms with E-state index in [9.17, 15) is 14.3 Å². The maximum Gasteiger partial charge on any atom is 0.256 e. The highest BCUT2D eigenvalue weighted by molar-refractivity contribution is 5.94. The predicted molar refractivity (Wildman–Crippen MR) is 54.6 cm³/mol. The first-order chi connectivity index (χ1) is 7.58. The van der Waals surface area contributed by atoms with Gasteiger partial charge in [-0.05, 0) is 18.6 Å². The van der Waals surface area contributed by atoms with E-state index in [4.69, 9.17) is 5.11 Å². The van der Waals surface area contributed by atoms with Gasteiger partial charge < -0.3 is 15.1 Å². The molecule has 0 aliphatic carbocycles. The van der Waals surface area contributed by atoms with Crippen LogP contribution in [0.2, 0.25) is 0 Å². The highest BCUT2D eigenvalue weighted by Crippen LogP contribution is 2.19. The van der Waals surface area contributed by atoms with Gasteiger partial charge in [0.25, 0.3) is 5.91 Å². The fourth-order valence-corrected chi connectivity index (χ4v) is 1.77. The number of phenols is 1. The molecular formula is C11H12FNO3. The molecule has 2 N–H and O–H groups in total. The van der Waals surface area contributed by atoms with Crippen molar-refractivity contribution in [3.05, 3.63) is 29.6 Å². The van der Waals surface area contributed by atoms with Crippen LogP contribution >= 0.6 is 0 Å². The van der Waals surface area contributed by atoms with Gasteiger partial charge in [-0.25, -0.2) is 4.39 Å². The summed E-state index contributed by atoms with van der Waals surface area (Å²) in [5.74, 6) is -1.41. The van der Waals surface area contributed by atoms with Crippen LogP contribution in [0.4, 0.5) is 4.39 Å². The van der Waals surface area contributed by atoms with Gasteiger partial charge in [0.2, 0.25) is 0 Å². The minimum Gasteiger partial charge on any atom is -0.508 e. The number of aliphatic hydroxyl groups excluding tert-OH is 1. The molecule has 4 nitrogen and oxygen atoms in total. The van der Waals surface area contributed by atoms with Gasteiger partial charge >= 0.3 is 0 Å². The number of hydrogen-bond acceptors (Lipinski definition) is 3. The van der Waals surface area contributed by atoms with Gasteiger partial charge in [0.15, 0.2) is 0 Å². The first-order valence-corrected chi connectivity index (χ1v) is 5.04. The summed E-state index contributed by atoms with van der Waals surface area (Å²) in [5.41, 5.74) is -0.0769. The third-order valence-electron chi connectivity index (χ3n) is 2.63. The van der Waals surface area contributed by atoms with Crippen molar-refractivity contribution in [2.45, 2.75) is 12.5 Å². The lowest BCUT2D eigenvalue weighted by atomic mass is 10.2. The molecule has 1 aromatic rings. The monoisotopic (exact) mass is 225 g/mol. The summed E-state index contributed by atoms with van der Waals surface area (Å²) in [6, 6.07) is 3.42. The van der Waals surface area contributed by atoms with Crippen molar-refractivity contribution in [3.8, 4) is 5.75 Å². The highest BCUT2D eigenvalue weighted by Gasteiger charge is 2.26. The largest absolute Gasteiger partial charge is 0.508 e. The van der Waals surface area contributed by atoms with E-state index in [1.54, 1.807) is 0 Å². The van der Waals surface area contributed by atoms with Gasteiger partial charge in [0, 0.05) is 19.2 Å². The normalized spacial score (nSPS) is 20.1. The Balaban J connectivity index is 2.21. The Bertz CT molecular complexity index is 422. The molecule has 1 aliphatic heterocycles. The maximum atomic E-state index is 13.4. The number of aromatic hydroxyl groups is 1. The summed E-state index contributed by atoms with van der Waals surface area (Å²) in [6.45, 7) is 0.666. The lowest BCUT2D eigenvalue weighted by Gasteiger charge is -2.15. The minimum atomic E-state index is -0.744. The van der Waals surface area contributed by atoms with E-state index in [-0.39, 0.29) is 17.9 Å². The Morgan fingerprint density at radius 3 is 2.81 bits per heavy atom. The van der Waals surface area contributed by atoms with Crippen LogP contribution in [0.25, 0.3) is 0 Å². The van der Waals surface area contributed by atoms with Gasteiger partial charge in [-0.15, -0.1) is 0 Å². The molecule has 1 fully saturated rings. The van der Waals surface area contributed by atoms with Crippen molar-refractivity contribution in [2.24, 2.45) is 0 Å². The summed E-state index contributed by atoms with van der Waals surface area (Å²) >= 11 is 0. The number of β-amino-alcohol motifs (C(OH)–C–C–N with tert-alkyl or cyclic N) is 1. The molecule has 86 valence electrons. The Morgan fingerprint density at radius 1 is 1.50 bits per heavy atom. The van der Waals surface area contributed by atoms with Crippen LogP contribution in [-0.4, -0.2) is 40.2 Å². The molecule has 0 radical (unpaired) electrons. The van der Waals surface area contributed by atoms with Crippen molar-refractivity contribution >= 4 is 5.91 Å². The second-order valence-electron chi connectivity index (χ2n) is 3.86. The average Bonchev–Trinajstić information content (AvgIpc) is 2.64. The molecule has 0 aromatic heterocycles. The molecule has 2 rings (SSSR count). The van der Waals surface area contributed by atoms with Crippen molar-refractivity contribution < 1.29 is 19.4 Å². The molecule has 16 heavy (non-hydrogen) atoms. The molecule has 0 unspecified atom stereocenters. The van der Waals surface area contributed by atoms with Gasteiger partial charge in [-0.3, -0.25) is 4.79 Å². The maximum absolute atomic E-state index is 13.4. The number of aliphatic hydroxyl groups is 1. The molecule has 0 saturated carbocycles. The van der Waals surface area contributed by atoms with E-state index < -0.39 is 17.8 Å². The molecule has 1 atom stereocenters. The first-order valence-electron chi connectivity index (χ1n) is 5.04. The number of hydrogen-bond donors (Lipinski definition) is 2. The zero-order valence-electron chi connectivity index (χ0n) is 8.56. The average molecular weight is 225 g/mol. The van der Waals surface area contributed by atoms with E-state index in [0.29, 0.717) is 13.0 Å². The van der Waals surface area contributed by atoms with E-state index in [0.717, 1.165) is 6.07 Å². The Hall–Kier alpha value is -1.62. The van der Waals surface area contributed by atoms with E-state index in [2.05, 4.69) is 0 Å². The van der Waals surface area contributed by atoms with Gasteiger partial charge in [0.05, 0.1) is 11.7 Å². The predicted octanol–water partition coefficient (Wildman–Crippen LogP) is 0.738. The molecule has 1 heterocycles. The topological polar surface area (TPSA) is 60.8 Å². The fraction of sp³-hybridized carbons (Fsp3) is 0.364. The Labute approximate surface area is 91.9 Å². The van der Waals surface area contributed by atoms with Crippen LogP contribution in [0.1, 0.15) is 16.8 Å².